The molecule has 3 rings (SSSR count). The number of hydrogen-bond acceptors (Lipinski definition) is 6. The number of aromatic nitrogens is 3. The lowest BCUT2D eigenvalue weighted by Crippen LogP contribution is -2.15. The van der Waals surface area contributed by atoms with Gasteiger partial charge in [-0.3, -0.25) is 4.79 Å². The highest BCUT2D eigenvalue weighted by molar-refractivity contribution is 7.98. The monoisotopic (exact) mass is 319 g/mol. The number of ether oxygens (including phenoxy) is 1. The summed E-state index contributed by atoms with van der Waals surface area (Å²) in [6, 6.07) is 9.34. The van der Waals surface area contributed by atoms with Crippen molar-refractivity contribution in [3.8, 4) is 5.75 Å². The molecule has 0 saturated carbocycles. The normalized spacial score (nSPS) is 11.0. The topological polar surface area (TPSA) is 56.5 Å². The largest absolute Gasteiger partial charge is 0.496 e. The Balaban J connectivity index is 1.87. The summed E-state index contributed by atoms with van der Waals surface area (Å²) >= 11 is 3.01. The maximum Gasteiger partial charge on any atom is 0.275 e. The third kappa shape index (κ3) is 2.93. The zero-order chi connectivity index (χ0) is 14.8. The van der Waals surface area contributed by atoms with Crippen molar-refractivity contribution < 1.29 is 4.74 Å². The molecule has 0 aliphatic heterocycles. The van der Waals surface area contributed by atoms with Crippen LogP contribution in [0.2, 0.25) is 0 Å². The lowest BCUT2D eigenvalue weighted by molar-refractivity contribution is 0.405. The molecule has 0 spiro atoms. The van der Waals surface area contributed by atoms with Crippen molar-refractivity contribution >= 4 is 28.1 Å². The maximum absolute atomic E-state index is 12.0. The van der Waals surface area contributed by atoms with Crippen molar-refractivity contribution in [1.82, 2.24) is 14.6 Å². The predicted octanol–water partition coefficient (Wildman–Crippen LogP) is 2.76. The molecule has 0 saturated heterocycles. The molecule has 0 N–H and O–H groups in total. The minimum atomic E-state index is -0.139. The number of thioether (sulfide) groups is 1. The Morgan fingerprint density at radius 1 is 1.38 bits per heavy atom. The van der Waals surface area contributed by atoms with Crippen LogP contribution in [0.15, 0.2) is 40.0 Å². The summed E-state index contributed by atoms with van der Waals surface area (Å²) in [5, 5.41) is 4.96. The van der Waals surface area contributed by atoms with Gasteiger partial charge >= 0.3 is 0 Å². The number of benzene rings is 1. The average Bonchev–Trinajstić information content (AvgIpc) is 2.86. The molecule has 108 valence electrons. The second-order valence-corrected chi connectivity index (χ2v) is 6.52. The number of rotatable bonds is 4. The van der Waals surface area contributed by atoms with Crippen LogP contribution in [0, 0.1) is 6.92 Å². The van der Waals surface area contributed by atoms with Crippen LogP contribution in [0.5, 0.6) is 5.75 Å². The summed E-state index contributed by atoms with van der Waals surface area (Å²) < 4.78 is 6.66. The van der Waals surface area contributed by atoms with Gasteiger partial charge in [-0.15, -0.1) is 11.8 Å². The minimum absolute atomic E-state index is 0.139. The summed E-state index contributed by atoms with van der Waals surface area (Å²) in [5.74, 6) is 1.44. The molecule has 2 aromatic heterocycles. The van der Waals surface area contributed by atoms with Gasteiger partial charge in [-0.1, -0.05) is 23.5 Å². The lowest BCUT2D eigenvalue weighted by Gasteiger charge is -2.07. The van der Waals surface area contributed by atoms with Crippen LogP contribution in [0.25, 0.3) is 4.96 Å². The molecule has 0 radical (unpaired) electrons. The summed E-state index contributed by atoms with van der Waals surface area (Å²) in [7, 11) is 1.65. The van der Waals surface area contributed by atoms with Crippen LogP contribution >= 0.6 is 23.1 Å². The minimum Gasteiger partial charge on any atom is -0.496 e. The quantitative estimate of drug-likeness (QED) is 0.692. The standard InChI is InChI=1S/C14H13N3O2S2/c1-9-16-17-13(18)7-10(15-14(17)21-9)8-20-12-6-4-3-5-11(12)19-2/h3-7H,8H2,1-2H3. The van der Waals surface area contributed by atoms with Crippen molar-refractivity contribution in [3.05, 3.63) is 51.4 Å². The third-order valence-corrected chi connectivity index (χ3v) is 4.76. The molecule has 21 heavy (non-hydrogen) atoms. The Kier molecular flexibility index (Phi) is 3.94. The summed E-state index contributed by atoms with van der Waals surface area (Å²) in [5.41, 5.74) is 0.611. The second-order valence-electron chi connectivity index (χ2n) is 4.34. The van der Waals surface area contributed by atoms with Gasteiger partial charge in [0.2, 0.25) is 4.96 Å². The molecule has 0 amide bonds. The molecular weight excluding hydrogens is 306 g/mol. The number of nitrogens with zero attached hydrogens (tertiary/aromatic N) is 3. The van der Waals surface area contributed by atoms with Gasteiger partial charge in [0.05, 0.1) is 12.8 Å². The SMILES string of the molecule is COc1ccccc1SCc1cc(=O)n2nc(C)sc2n1. The van der Waals surface area contributed by atoms with Crippen LogP contribution < -0.4 is 10.3 Å². The number of methoxy groups -OCH3 is 1. The van der Waals surface area contributed by atoms with Crippen molar-refractivity contribution in [3.63, 3.8) is 0 Å². The molecule has 0 atom stereocenters. The fraction of sp³-hybridized carbons (Fsp3) is 0.214. The second kappa shape index (κ2) is 5.87. The first kappa shape index (κ1) is 14.1. The Hall–Kier alpha value is -1.86. The van der Waals surface area contributed by atoms with Crippen molar-refractivity contribution in [2.75, 3.05) is 7.11 Å². The fourth-order valence-corrected chi connectivity index (χ4v) is 3.60. The van der Waals surface area contributed by atoms with E-state index < -0.39 is 0 Å². The molecule has 0 aliphatic rings. The molecule has 2 heterocycles. The van der Waals surface area contributed by atoms with E-state index in [9.17, 15) is 4.79 Å². The maximum atomic E-state index is 12.0. The Bertz CT molecular complexity index is 842. The molecular formula is C14H13N3O2S2. The fourth-order valence-electron chi connectivity index (χ4n) is 1.92. The Morgan fingerprint density at radius 2 is 2.19 bits per heavy atom. The van der Waals surface area contributed by atoms with Crippen molar-refractivity contribution in [2.24, 2.45) is 0 Å². The first-order chi connectivity index (χ1) is 10.2. The van der Waals surface area contributed by atoms with Gasteiger partial charge in [0.15, 0.2) is 0 Å². The van der Waals surface area contributed by atoms with Gasteiger partial charge in [-0.05, 0) is 19.1 Å². The van der Waals surface area contributed by atoms with E-state index in [1.807, 2.05) is 31.2 Å². The predicted molar refractivity (Wildman–Crippen MR) is 84.4 cm³/mol. The third-order valence-electron chi connectivity index (χ3n) is 2.84. The van der Waals surface area contributed by atoms with E-state index >= 15 is 0 Å². The highest BCUT2D eigenvalue weighted by Gasteiger charge is 2.08. The van der Waals surface area contributed by atoms with Gasteiger partial charge in [0.25, 0.3) is 5.56 Å². The van der Waals surface area contributed by atoms with E-state index in [2.05, 4.69) is 10.1 Å². The van der Waals surface area contributed by atoms with Gasteiger partial charge in [-0.25, -0.2) is 4.98 Å². The molecule has 5 nitrogen and oxygen atoms in total. The number of hydrogen-bond donors (Lipinski definition) is 0. The van der Waals surface area contributed by atoms with Crippen molar-refractivity contribution in [2.45, 2.75) is 17.6 Å². The molecule has 0 fully saturated rings. The zero-order valence-corrected chi connectivity index (χ0v) is 13.2. The summed E-state index contributed by atoms with van der Waals surface area (Å²) in [6.07, 6.45) is 0. The Labute approximate surface area is 129 Å². The first-order valence-electron chi connectivity index (χ1n) is 6.29. The zero-order valence-electron chi connectivity index (χ0n) is 11.6. The molecule has 0 aliphatic carbocycles. The number of aryl methyl sites for hydroxylation is 1. The van der Waals surface area contributed by atoms with Crippen LogP contribution in [-0.2, 0) is 5.75 Å². The van der Waals surface area contributed by atoms with E-state index in [-0.39, 0.29) is 5.56 Å². The molecule has 0 bridgehead atoms. The van der Waals surface area contributed by atoms with E-state index in [1.54, 1.807) is 18.9 Å². The van der Waals surface area contributed by atoms with Gasteiger partial charge in [0, 0.05) is 16.7 Å². The van der Waals surface area contributed by atoms with Gasteiger partial charge in [0.1, 0.15) is 10.8 Å². The van der Waals surface area contributed by atoms with Crippen LogP contribution in [0.1, 0.15) is 10.7 Å². The summed E-state index contributed by atoms with van der Waals surface area (Å²) in [4.78, 5) is 18.1. The van der Waals surface area contributed by atoms with E-state index in [0.717, 1.165) is 21.3 Å². The summed E-state index contributed by atoms with van der Waals surface area (Å²) in [6.45, 7) is 1.86. The average molecular weight is 319 g/mol. The van der Waals surface area contributed by atoms with E-state index in [4.69, 9.17) is 4.74 Å². The van der Waals surface area contributed by atoms with Crippen LogP contribution in [0.4, 0.5) is 0 Å². The highest BCUT2D eigenvalue weighted by atomic mass is 32.2. The molecule has 3 aromatic rings. The number of para-hydroxylation sites is 1. The molecule has 0 unspecified atom stereocenters. The lowest BCUT2D eigenvalue weighted by atomic mass is 10.3. The highest BCUT2D eigenvalue weighted by Crippen LogP contribution is 2.30. The van der Waals surface area contributed by atoms with E-state index in [1.165, 1.54) is 21.9 Å². The van der Waals surface area contributed by atoms with Crippen LogP contribution in [0.3, 0.4) is 0 Å². The molecule has 1 aromatic carbocycles. The molecule has 7 heteroatoms. The number of fused-ring (bicyclic) bond motifs is 1. The van der Waals surface area contributed by atoms with Crippen LogP contribution in [-0.4, -0.2) is 21.7 Å². The van der Waals surface area contributed by atoms with Gasteiger partial charge < -0.3 is 4.74 Å². The van der Waals surface area contributed by atoms with Crippen molar-refractivity contribution in [1.29, 1.82) is 0 Å². The first-order valence-corrected chi connectivity index (χ1v) is 8.10. The van der Waals surface area contributed by atoms with Gasteiger partial charge in [-0.2, -0.15) is 9.61 Å². The Morgan fingerprint density at radius 3 is 3.00 bits per heavy atom. The smallest absolute Gasteiger partial charge is 0.275 e. The van der Waals surface area contributed by atoms with E-state index in [0.29, 0.717) is 10.7 Å².